The molecule has 4 heteroatoms. The maximum Gasteiger partial charge on any atom is 0.254 e. The van der Waals surface area contributed by atoms with Gasteiger partial charge in [-0.3, -0.25) is 9.78 Å². The summed E-state index contributed by atoms with van der Waals surface area (Å²) in [5.74, 6) is 0.773. The summed E-state index contributed by atoms with van der Waals surface area (Å²) < 4.78 is 0. The lowest BCUT2D eigenvalue weighted by atomic mass is 9.95. The van der Waals surface area contributed by atoms with Crippen molar-refractivity contribution < 1.29 is 4.79 Å². The summed E-state index contributed by atoms with van der Waals surface area (Å²) in [6.45, 7) is 1.26. The fourth-order valence-corrected chi connectivity index (χ4v) is 4.18. The van der Waals surface area contributed by atoms with Crippen LogP contribution >= 0.6 is 0 Å². The molecule has 136 valence electrons. The van der Waals surface area contributed by atoms with E-state index in [1.807, 2.05) is 53.4 Å². The van der Waals surface area contributed by atoms with Crippen LogP contribution in [0.5, 0.6) is 0 Å². The third-order valence-corrected chi connectivity index (χ3v) is 5.84. The Balaban J connectivity index is 1.49. The Hall–Kier alpha value is -2.72. The predicted octanol–water partition coefficient (Wildman–Crippen LogP) is 3.68. The maximum absolute atomic E-state index is 13.4. The van der Waals surface area contributed by atoms with Gasteiger partial charge in [-0.1, -0.05) is 48.5 Å². The van der Waals surface area contributed by atoms with Crippen molar-refractivity contribution in [1.82, 2.24) is 9.88 Å². The van der Waals surface area contributed by atoms with E-state index >= 15 is 0 Å². The summed E-state index contributed by atoms with van der Waals surface area (Å²) in [7, 11) is 0. The van der Waals surface area contributed by atoms with E-state index in [1.54, 1.807) is 0 Å². The second kappa shape index (κ2) is 6.46. The molecule has 5 rings (SSSR count). The standard InChI is InChI=1S/C23H23N3O/c24-20-14-26(13-19(20)15-6-2-1-3-7-15)23(27)18-12-22(16-10-11-16)25-21-9-5-4-8-17(18)21/h1-9,12,16,19-20H,10-11,13-14,24H2/t19-,20+/m0/s1. The highest BCUT2D eigenvalue weighted by molar-refractivity contribution is 6.06. The fraction of sp³-hybridized carbons (Fsp3) is 0.304. The SMILES string of the molecule is N[C@@H]1CN(C(=O)c2cc(C3CC3)nc3ccccc23)C[C@H]1c1ccccc1. The lowest BCUT2D eigenvalue weighted by Crippen LogP contribution is -2.32. The fourth-order valence-electron chi connectivity index (χ4n) is 4.18. The summed E-state index contributed by atoms with van der Waals surface area (Å²) in [6, 6.07) is 20.2. The van der Waals surface area contributed by atoms with Gasteiger partial charge in [0.2, 0.25) is 0 Å². The van der Waals surface area contributed by atoms with Crippen molar-refractivity contribution in [3.63, 3.8) is 0 Å². The van der Waals surface area contributed by atoms with Crippen LogP contribution in [0, 0.1) is 0 Å². The van der Waals surface area contributed by atoms with Crippen molar-refractivity contribution >= 4 is 16.8 Å². The molecule has 1 aromatic heterocycles. The topological polar surface area (TPSA) is 59.2 Å². The average molecular weight is 357 g/mol. The van der Waals surface area contributed by atoms with E-state index in [1.165, 1.54) is 18.4 Å². The number of hydrogen-bond acceptors (Lipinski definition) is 3. The first-order valence-electron chi connectivity index (χ1n) is 9.70. The minimum Gasteiger partial charge on any atom is -0.336 e. The molecule has 0 unspecified atom stereocenters. The van der Waals surface area contributed by atoms with Crippen LogP contribution in [0.15, 0.2) is 60.7 Å². The number of aromatic nitrogens is 1. The molecule has 3 aromatic rings. The quantitative estimate of drug-likeness (QED) is 0.778. The Labute approximate surface area is 159 Å². The third-order valence-electron chi connectivity index (χ3n) is 5.84. The normalized spacial score (nSPS) is 22.3. The number of fused-ring (bicyclic) bond motifs is 1. The minimum absolute atomic E-state index is 0.0349. The summed E-state index contributed by atoms with van der Waals surface area (Å²) in [5.41, 5.74) is 10.4. The van der Waals surface area contributed by atoms with Gasteiger partial charge in [0.15, 0.2) is 0 Å². The van der Waals surface area contributed by atoms with Gasteiger partial charge in [-0.15, -0.1) is 0 Å². The van der Waals surface area contributed by atoms with Gasteiger partial charge in [-0.05, 0) is 30.5 Å². The van der Waals surface area contributed by atoms with Crippen LogP contribution in [0.1, 0.15) is 46.3 Å². The lowest BCUT2D eigenvalue weighted by molar-refractivity contribution is 0.0791. The average Bonchev–Trinajstić information content (AvgIpc) is 3.49. The zero-order valence-corrected chi connectivity index (χ0v) is 15.2. The number of pyridine rings is 1. The Morgan fingerprint density at radius 2 is 1.74 bits per heavy atom. The van der Waals surface area contributed by atoms with Gasteiger partial charge in [0, 0.05) is 42.0 Å². The summed E-state index contributed by atoms with van der Waals surface area (Å²) in [6.07, 6.45) is 2.34. The van der Waals surface area contributed by atoms with Crippen LogP contribution in [-0.4, -0.2) is 34.9 Å². The molecule has 27 heavy (non-hydrogen) atoms. The number of nitrogens with two attached hydrogens (primary N) is 1. The van der Waals surface area contributed by atoms with Crippen molar-refractivity contribution in [2.45, 2.75) is 30.7 Å². The number of carbonyl (C=O) groups excluding carboxylic acids is 1. The Kier molecular flexibility index (Phi) is 3.94. The number of benzene rings is 2. The smallest absolute Gasteiger partial charge is 0.254 e. The molecule has 0 spiro atoms. The second-order valence-corrected chi connectivity index (χ2v) is 7.78. The molecule has 1 aliphatic heterocycles. The van der Waals surface area contributed by atoms with Gasteiger partial charge in [-0.25, -0.2) is 0 Å². The van der Waals surface area contributed by atoms with E-state index in [-0.39, 0.29) is 17.9 Å². The number of rotatable bonds is 3. The van der Waals surface area contributed by atoms with Crippen LogP contribution < -0.4 is 5.73 Å². The predicted molar refractivity (Wildman–Crippen MR) is 107 cm³/mol. The van der Waals surface area contributed by atoms with Crippen LogP contribution in [0.4, 0.5) is 0 Å². The van der Waals surface area contributed by atoms with Crippen molar-refractivity contribution in [2.24, 2.45) is 5.73 Å². The number of hydrogen-bond donors (Lipinski definition) is 1. The van der Waals surface area contributed by atoms with Gasteiger partial charge in [0.05, 0.1) is 11.1 Å². The third kappa shape index (κ3) is 3.00. The molecule has 2 N–H and O–H groups in total. The molecule has 2 atom stereocenters. The number of likely N-dealkylation sites (tertiary alicyclic amines) is 1. The van der Waals surface area contributed by atoms with Crippen molar-refractivity contribution in [3.05, 3.63) is 77.5 Å². The van der Waals surface area contributed by atoms with Crippen molar-refractivity contribution in [3.8, 4) is 0 Å². The van der Waals surface area contributed by atoms with E-state index in [0.717, 1.165) is 22.2 Å². The highest BCUT2D eigenvalue weighted by Crippen LogP contribution is 2.40. The minimum atomic E-state index is -0.0349. The van der Waals surface area contributed by atoms with E-state index in [4.69, 9.17) is 10.7 Å². The zero-order valence-electron chi connectivity index (χ0n) is 15.2. The first kappa shape index (κ1) is 16.5. The molecule has 0 bridgehead atoms. The summed E-state index contributed by atoms with van der Waals surface area (Å²) >= 11 is 0. The Morgan fingerprint density at radius 3 is 2.52 bits per heavy atom. The zero-order chi connectivity index (χ0) is 18.4. The van der Waals surface area contributed by atoms with Gasteiger partial charge in [0.25, 0.3) is 5.91 Å². The number of nitrogens with zero attached hydrogens (tertiary/aromatic N) is 2. The van der Waals surface area contributed by atoms with E-state index in [0.29, 0.717) is 19.0 Å². The van der Waals surface area contributed by atoms with Crippen LogP contribution in [-0.2, 0) is 0 Å². The highest BCUT2D eigenvalue weighted by atomic mass is 16.2. The van der Waals surface area contributed by atoms with Crippen molar-refractivity contribution in [2.75, 3.05) is 13.1 Å². The highest BCUT2D eigenvalue weighted by Gasteiger charge is 2.35. The lowest BCUT2D eigenvalue weighted by Gasteiger charge is -2.18. The number of amides is 1. The first-order chi connectivity index (χ1) is 13.2. The molecule has 2 fully saturated rings. The molecular formula is C23H23N3O. The molecule has 1 aliphatic carbocycles. The van der Waals surface area contributed by atoms with Gasteiger partial charge < -0.3 is 10.6 Å². The molecule has 2 aliphatic rings. The molecule has 2 aromatic carbocycles. The van der Waals surface area contributed by atoms with E-state index in [2.05, 4.69) is 12.1 Å². The Morgan fingerprint density at radius 1 is 1.00 bits per heavy atom. The first-order valence-corrected chi connectivity index (χ1v) is 9.70. The molecule has 2 heterocycles. The molecule has 1 saturated heterocycles. The van der Waals surface area contributed by atoms with Crippen molar-refractivity contribution in [1.29, 1.82) is 0 Å². The van der Waals surface area contributed by atoms with Crippen LogP contribution in [0.2, 0.25) is 0 Å². The molecule has 4 nitrogen and oxygen atoms in total. The Bertz CT molecular complexity index is 997. The summed E-state index contributed by atoms with van der Waals surface area (Å²) in [4.78, 5) is 20.1. The van der Waals surface area contributed by atoms with Gasteiger partial charge in [-0.2, -0.15) is 0 Å². The van der Waals surface area contributed by atoms with E-state index in [9.17, 15) is 4.79 Å². The summed E-state index contributed by atoms with van der Waals surface area (Å²) in [5, 5.41) is 0.934. The van der Waals surface area contributed by atoms with Gasteiger partial charge >= 0.3 is 0 Å². The number of carbonyl (C=O) groups is 1. The maximum atomic E-state index is 13.4. The van der Waals surface area contributed by atoms with Gasteiger partial charge in [0.1, 0.15) is 0 Å². The molecule has 1 amide bonds. The number of para-hydroxylation sites is 1. The molecule has 1 saturated carbocycles. The van der Waals surface area contributed by atoms with Crippen LogP contribution in [0.3, 0.4) is 0 Å². The largest absolute Gasteiger partial charge is 0.336 e. The molecular weight excluding hydrogens is 334 g/mol. The van der Waals surface area contributed by atoms with Crippen LogP contribution in [0.25, 0.3) is 10.9 Å². The molecule has 0 radical (unpaired) electrons. The second-order valence-electron chi connectivity index (χ2n) is 7.78. The monoisotopic (exact) mass is 357 g/mol. The van der Waals surface area contributed by atoms with E-state index < -0.39 is 0 Å².